The zero-order chi connectivity index (χ0) is 14.7. The van der Waals surface area contributed by atoms with Crippen LogP contribution in [0, 0.1) is 17.0 Å². The summed E-state index contributed by atoms with van der Waals surface area (Å²) in [5.41, 5.74) is 0.794. The molecule has 0 spiro atoms. The molecule has 2 N–H and O–H groups in total. The number of hydrogen-bond acceptors (Lipinski definition) is 6. The van der Waals surface area contributed by atoms with Gasteiger partial charge in [-0.25, -0.2) is 9.78 Å². The molecule has 1 aromatic carbocycles. The number of nitro groups is 1. The van der Waals surface area contributed by atoms with E-state index in [1.54, 1.807) is 0 Å². The molecule has 1 aromatic heterocycles. The van der Waals surface area contributed by atoms with Gasteiger partial charge in [-0.1, -0.05) is 0 Å². The third kappa shape index (κ3) is 3.09. The van der Waals surface area contributed by atoms with Crippen molar-refractivity contribution in [3.63, 3.8) is 0 Å². The second-order valence-corrected chi connectivity index (χ2v) is 5.07. The van der Waals surface area contributed by atoms with Crippen molar-refractivity contribution in [2.75, 3.05) is 5.32 Å². The molecule has 0 bridgehead atoms. The molecule has 0 aliphatic carbocycles. The summed E-state index contributed by atoms with van der Waals surface area (Å²) in [7, 11) is 0. The highest BCUT2D eigenvalue weighted by Gasteiger charge is 2.15. The van der Waals surface area contributed by atoms with Crippen LogP contribution < -0.4 is 5.32 Å². The van der Waals surface area contributed by atoms with E-state index >= 15 is 0 Å². The third-order valence-corrected chi connectivity index (χ3v) is 3.39. The molecule has 2 aromatic rings. The number of anilines is 1. The minimum absolute atomic E-state index is 0.0115. The van der Waals surface area contributed by atoms with E-state index in [1.807, 2.05) is 12.3 Å². The predicted octanol–water partition coefficient (Wildman–Crippen LogP) is 2.67. The summed E-state index contributed by atoms with van der Waals surface area (Å²) in [6.07, 6.45) is 0. The van der Waals surface area contributed by atoms with Crippen LogP contribution in [-0.4, -0.2) is 21.0 Å². The van der Waals surface area contributed by atoms with Gasteiger partial charge in [0.2, 0.25) is 0 Å². The van der Waals surface area contributed by atoms with Crippen molar-refractivity contribution in [2.24, 2.45) is 0 Å². The van der Waals surface area contributed by atoms with Gasteiger partial charge in [0.1, 0.15) is 0 Å². The summed E-state index contributed by atoms with van der Waals surface area (Å²) in [5, 5.41) is 25.4. The molecule has 0 saturated carbocycles. The van der Waals surface area contributed by atoms with Crippen LogP contribution in [0.2, 0.25) is 0 Å². The lowest BCUT2D eigenvalue weighted by atomic mass is 10.1. The first-order valence-electron chi connectivity index (χ1n) is 5.64. The quantitative estimate of drug-likeness (QED) is 0.648. The zero-order valence-corrected chi connectivity index (χ0v) is 11.3. The number of aromatic carboxylic acids is 1. The topological polar surface area (TPSA) is 105 Å². The maximum atomic E-state index is 11.1. The lowest BCUT2D eigenvalue weighted by Gasteiger charge is -2.08. The largest absolute Gasteiger partial charge is 0.478 e. The van der Waals surface area contributed by atoms with Crippen molar-refractivity contribution in [3.05, 3.63) is 50.0 Å². The van der Waals surface area contributed by atoms with E-state index in [-0.39, 0.29) is 16.9 Å². The summed E-state index contributed by atoms with van der Waals surface area (Å²) >= 11 is 1.48. The van der Waals surface area contributed by atoms with Crippen LogP contribution in [0.1, 0.15) is 21.1 Å². The highest BCUT2D eigenvalue weighted by Crippen LogP contribution is 2.23. The fraction of sp³-hybridized carbons (Fsp3) is 0.167. The van der Waals surface area contributed by atoms with E-state index < -0.39 is 10.9 Å². The van der Waals surface area contributed by atoms with E-state index in [0.29, 0.717) is 6.54 Å². The Morgan fingerprint density at radius 2 is 2.30 bits per heavy atom. The molecule has 104 valence electrons. The van der Waals surface area contributed by atoms with Crippen molar-refractivity contribution in [2.45, 2.75) is 13.5 Å². The Morgan fingerprint density at radius 3 is 2.85 bits per heavy atom. The number of carboxylic acid groups (broad SMARTS) is 1. The first-order valence-corrected chi connectivity index (χ1v) is 6.52. The van der Waals surface area contributed by atoms with Gasteiger partial charge in [-0.2, -0.15) is 0 Å². The van der Waals surface area contributed by atoms with Gasteiger partial charge < -0.3 is 10.4 Å². The molecule has 8 heteroatoms. The van der Waals surface area contributed by atoms with E-state index in [2.05, 4.69) is 10.3 Å². The van der Waals surface area contributed by atoms with Crippen molar-refractivity contribution >= 4 is 28.7 Å². The number of benzene rings is 1. The second-order valence-electron chi connectivity index (χ2n) is 4.00. The van der Waals surface area contributed by atoms with Gasteiger partial charge in [0, 0.05) is 17.5 Å². The van der Waals surface area contributed by atoms with Crippen LogP contribution in [0.5, 0.6) is 0 Å². The number of hydrogen-bond donors (Lipinski definition) is 2. The average molecular weight is 293 g/mol. The Kier molecular flexibility index (Phi) is 3.94. The standard InChI is InChI=1S/C12H11N3O4S/c1-7-14-8(6-20-7)5-13-11-4-9(15(18)19)2-3-10(11)12(16)17/h2-4,6,13H,5H2,1H3,(H,16,17). The first-order chi connectivity index (χ1) is 9.47. The maximum absolute atomic E-state index is 11.1. The molecule has 0 aliphatic rings. The monoisotopic (exact) mass is 293 g/mol. The van der Waals surface area contributed by atoms with Gasteiger partial charge in [-0.3, -0.25) is 10.1 Å². The predicted molar refractivity (Wildman–Crippen MR) is 74.2 cm³/mol. The third-order valence-electron chi connectivity index (χ3n) is 2.57. The number of aromatic nitrogens is 1. The normalized spacial score (nSPS) is 10.2. The van der Waals surface area contributed by atoms with Crippen LogP contribution in [0.15, 0.2) is 23.6 Å². The molecular formula is C12H11N3O4S. The fourth-order valence-corrected chi connectivity index (χ4v) is 2.27. The minimum Gasteiger partial charge on any atom is -0.478 e. The molecule has 20 heavy (non-hydrogen) atoms. The van der Waals surface area contributed by atoms with Crippen molar-refractivity contribution in [1.29, 1.82) is 0 Å². The zero-order valence-electron chi connectivity index (χ0n) is 10.5. The van der Waals surface area contributed by atoms with Crippen LogP contribution in [0.25, 0.3) is 0 Å². The number of nitro benzene ring substituents is 1. The molecular weight excluding hydrogens is 282 g/mol. The maximum Gasteiger partial charge on any atom is 0.337 e. The summed E-state index contributed by atoms with van der Waals surface area (Å²) in [6.45, 7) is 2.18. The minimum atomic E-state index is -1.14. The van der Waals surface area contributed by atoms with Gasteiger partial charge in [0.15, 0.2) is 0 Å². The molecule has 7 nitrogen and oxygen atoms in total. The van der Waals surface area contributed by atoms with Gasteiger partial charge in [-0.15, -0.1) is 11.3 Å². The molecule has 0 amide bonds. The number of nitrogens with one attached hydrogen (secondary N) is 1. The molecule has 0 radical (unpaired) electrons. The Hall–Kier alpha value is -2.48. The Labute approximate surface area is 118 Å². The van der Waals surface area contributed by atoms with Gasteiger partial charge >= 0.3 is 5.97 Å². The van der Waals surface area contributed by atoms with Crippen molar-refractivity contribution < 1.29 is 14.8 Å². The van der Waals surface area contributed by atoms with Crippen LogP contribution in [0.3, 0.4) is 0 Å². The number of carbonyl (C=O) groups is 1. The fourth-order valence-electron chi connectivity index (χ4n) is 1.65. The molecule has 0 fully saturated rings. The Bertz CT molecular complexity index is 668. The summed E-state index contributed by atoms with van der Waals surface area (Å²) in [6, 6.07) is 3.60. The van der Waals surface area contributed by atoms with Crippen molar-refractivity contribution in [3.8, 4) is 0 Å². The summed E-state index contributed by atoms with van der Waals surface area (Å²) < 4.78 is 0. The average Bonchev–Trinajstić information content (AvgIpc) is 2.81. The number of non-ortho nitro benzene ring substituents is 1. The highest BCUT2D eigenvalue weighted by molar-refractivity contribution is 7.09. The number of rotatable bonds is 5. The summed E-state index contributed by atoms with van der Waals surface area (Å²) in [5.74, 6) is -1.14. The molecule has 1 heterocycles. The van der Waals surface area contributed by atoms with Crippen LogP contribution >= 0.6 is 11.3 Å². The van der Waals surface area contributed by atoms with Crippen molar-refractivity contribution in [1.82, 2.24) is 4.98 Å². The van der Waals surface area contributed by atoms with E-state index in [1.165, 1.54) is 29.5 Å². The van der Waals surface area contributed by atoms with E-state index in [0.717, 1.165) is 10.7 Å². The molecule has 0 unspecified atom stereocenters. The van der Waals surface area contributed by atoms with Gasteiger partial charge in [-0.05, 0) is 13.0 Å². The lowest BCUT2D eigenvalue weighted by Crippen LogP contribution is -2.07. The molecule has 0 saturated heterocycles. The number of aryl methyl sites for hydroxylation is 1. The van der Waals surface area contributed by atoms with Gasteiger partial charge in [0.05, 0.1) is 33.4 Å². The van der Waals surface area contributed by atoms with Crippen LogP contribution in [-0.2, 0) is 6.54 Å². The number of nitrogens with zero attached hydrogens (tertiary/aromatic N) is 2. The van der Waals surface area contributed by atoms with E-state index in [4.69, 9.17) is 5.11 Å². The highest BCUT2D eigenvalue weighted by atomic mass is 32.1. The smallest absolute Gasteiger partial charge is 0.337 e. The Morgan fingerprint density at radius 1 is 1.55 bits per heavy atom. The number of carboxylic acids is 1. The van der Waals surface area contributed by atoms with Crippen LogP contribution in [0.4, 0.5) is 11.4 Å². The molecule has 0 aliphatic heterocycles. The van der Waals surface area contributed by atoms with Gasteiger partial charge in [0.25, 0.3) is 5.69 Å². The number of thiazole rings is 1. The van der Waals surface area contributed by atoms with E-state index in [9.17, 15) is 14.9 Å². The molecule has 2 rings (SSSR count). The first kappa shape index (κ1) is 13.9. The second kappa shape index (κ2) is 5.66. The summed E-state index contributed by atoms with van der Waals surface area (Å²) in [4.78, 5) is 25.5. The SMILES string of the molecule is Cc1nc(CNc2cc([N+](=O)[O-])ccc2C(=O)O)cs1. The lowest BCUT2D eigenvalue weighted by molar-refractivity contribution is -0.384. The molecule has 0 atom stereocenters. The Balaban J connectivity index is 2.25.